The Balaban J connectivity index is 2.29. The molecule has 15 heavy (non-hydrogen) atoms. The van der Waals surface area contributed by atoms with Crippen molar-refractivity contribution in [3.63, 3.8) is 0 Å². The molecule has 1 aromatic carbocycles. The van der Waals surface area contributed by atoms with E-state index in [1.807, 2.05) is 18.2 Å². The van der Waals surface area contributed by atoms with Gasteiger partial charge in [-0.05, 0) is 37.5 Å². The van der Waals surface area contributed by atoms with Crippen molar-refractivity contribution in [2.24, 2.45) is 0 Å². The van der Waals surface area contributed by atoms with Crippen LogP contribution in [0.3, 0.4) is 0 Å². The summed E-state index contributed by atoms with van der Waals surface area (Å²) in [5.74, 6) is 0. The van der Waals surface area contributed by atoms with Crippen molar-refractivity contribution < 1.29 is 4.79 Å². The first-order chi connectivity index (χ1) is 7.22. The Kier molecular flexibility index (Phi) is 3.10. The molecule has 0 atom stereocenters. The molecule has 1 aromatic rings. The van der Waals surface area contributed by atoms with Crippen LogP contribution in [0.15, 0.2) is 22.7 Å². The fraction of sp³-hybridized carbons (Fsp3) is 0.417. The Morgan fingerprint density at radius 2 is 2.20 bits per heavy atom. The molecule has 0 amide bonds. The summed E-state index contributed by atoms with van der Waals surface area (Å²) >= 11 is 3.38. The van der Waals surface area contributed by atoms with Gasteiger partial charge < -0.3 is 4.90 Å². The second-order valence-corrected chi connectivity index (χ2v) is 4.93. The first-order valence-corrected chi connectivity index (χ1v) is 5.99. The van der Waals surface area contributed by atoms with Crippen molar-refractivity contribution >= 4 is 27.9 Å². The predicted octanol–water partition coefficient (Wildman–Crippen LogP) is 3.25. The molecule has 0 aliphatic heterocycles. The van der Waals surface area contributed by atoms with Gasteiger partial charge in [-0.25, -0.2) is 0 Å². The topological polar surface area (TPSA) is 20.3 Å². The molecule has 2 rings (SSSR count). The molecule has 0 saturated heterocycles. The van der Waals surface area contributed by atoms with Crippen LogP contribution in [0.5, 0.6) is 0 Å². The van der Waals surface area contributed by atoms with Crippen LogP contribution in [0.1, 0.15) is 29.6 Å². The number of aldehydes is 1. The van der Waals surface area contributed by atoms with Crippen LogP contribution in [0.4, 0.5) is 5.69 Å². The van der Waals surface area contributed by atoms with Gasteiger partial charge in [-0.3, -0.25) is 4.79 Å². The molecule has 0 heterocycles. The van der Waals surface area contributed by atoms with Crippen LogP contribution in [0.2, 0.25) is 0 Å². The van der Waals surface area contributed by atoms with Gasteiger partial charge in [0.1, 0.15) is 0 Å². The monoisotopic (exact) mass is 267 g/mol. The predicted molar refractivity (Wildman–Crippen MR) is 65.6 cm³/mol. The van der Waals surface area contributed by atoms with E-state index in [9.17, 15) is 4.79 Å². The maximum atomic E-state index is 11.0. The van der Waals surface area contributed by atoms with Crippen molar-refractivity contribution in [1.29, 1.82) is 0 Å². The smallest absolute Gasteiger partial charge is 0.152 e. The number of hydrogen-bond acceptors (Lipinski definition) is 2. The maximum Gasteiger partial charge on any atom is 0.152 e. The highest BCUT2D eigenvalue weighted by Gasteiger charge is 2.23. The molecule has 0 spiro atoms. The van der Waals surface area contributed by atoms with Crippen LogP contribution in [0.25, 0.3) is 0 Å². The maximum absolute atomic E-state index is 11.0. The molecule has 0 aromatic heterocycles. The minimum Gasteiger partial charge on any atom is -0.371 e. The van der Waals surface area contributed by atoms with Crippen molar-refractivity contribution in [3.8, 4) is 0 Å². The Hall–Kier alpha value is -0.830. The van der Waals surface area contributed by atoms with Crippen molar-refractivity contribution in [2.75, 3.05) is 11.9 Å². The summed E-state index contributed by atoms with van der Waals surface area (Å²) in [5.41, 5.74) is 1.80. The van der Waals surface area contributed by atoms with E-state index in [2.05, 4.69) is 27.9 Å². The lowest BCUT2D eigenvalue weighted by atomic mass is 9.91. The molecule has 80 valence electrons. The first kappa shape index (κ1) is 10.7. The zero-order valence-corrected chi connectivity index (χ0v) is 10.3. The van der Waals surface area contributed by atoms with Gasteiger partial charge in [0.05, 0.1) is 0 Å². The van der Waals surface area contributed by atoms with E-state index in [-0.39, 0.29) is 0 Å². The van der Waals surface area contributed by atoms with E-state index in [4.69, 9.17) is 0 Å². The minimum absolute atomic E-state index is 0.616. The van der Waals surface area contributed by atoms with Gasteiger partial charge in [-0.15, -0.1) is 0 Å². The van der Waals surface area contributed by atoms with Gasteiger partial charge in [-0.2, -0.15) is 0 Å². The van der Waals surface area contributed by atoms with Crippen LogP contribution >= 0.6 is 15.9 Å². The van der Waals surface area contributed by atoms with Gasteiger partial charge in [-0.1, -0.05) is 15.9 Å². The van der Waals surface area contributed by atoms with Crippen molar-refractivity contribution in [1.82, 2.24) is 0 Å². The average molecular weight is 268 g/mol. The Morgan fingerprint density at radius 3 is 2.73 bits per heavy atom. The molecule has 2 nitrogen and oxygen atoms in total. The van der Waals surface area contributed by atoms with E-state index < -0.39 is 0 Å². The summed E-state index contributed by atoms with van der Waals surface area (Å²) in [7, 11) is 2.07. The summed E-state index contributed by atoms with van der Waals surface area (Å²) in [6.45, 7) is 0. The number of rotatable bonds is 3. The lowest BCUT2D eigenvalue weighted by molar-refractivity contribution is 0.112. The van der Waals surface area contributed by atoms with Gasteiger partial charge in [0, 0.05) is 28.8 Å². The zero-order chi connectivity index (χ0) is 10.8. The normalized spacial score (nSPS) is 15.9. The molecular formula is C12H14BrNO. The summed E-state index contributed by atoms with van der Waals surface area (Å²) in [5, 5.41) is 0. The number of hydrogen-bond donors (Lipinski definition) is 0. The standard InChI is InChI=1S/C12H14BrNO/c1-14(11-3-2-4-11)12-6-5-10(13)7-9(12)8-15/h5-8,11H,2-4H2,1H3. The molecule has 1 fully saturated rings. The van der Waals surface area contributed by atoms with E-state index >= 15 is 0 Å². The van der Waals surface area contributed by atoms with Crippen molar-refractivity contribution in [2.45, 2.75) is 25.3 Å². The largest absolute Gasteiger partial charge is 0.371 e. The zero-order valence-electron chi connectivity index (χ0n) is 8.74. The third kappa shape index (κ3) is 2.07. The number of anilines is 1. The van der Waals surface area contributed by atoms with E-state index in [0.29, 0.717) is 6.04 Å². The Morgan fingerprint density at radius 1 is 1.47 bits per heavy atom. The second-order valence-electron chi connectivity index (χ2n) is 4.02. The van der Waals surface area contributed by atoms with Gasteiger partial charge in [0.15, 0.2) is 6.29 Å². The number of carbonyl (C=O) groups excluding carboxylic acids is 1. The molecule has 0 radical (unpaired) electrons. The summed E-state index contributed by atoms with van der Waals surface area (Å²) < 4.78 is 0.954. The first-order valence-electron chi connectivity index (χ1n) is 5.20. The quantitative estimate of drug-likeness (QED) is 0.784. The lowest BCUT2D eigenvalue weighted by Gasteiger charge is -2.37. The summed E-state index contributed by atoms with van der Waals surface area (Å²) in [4.78, 5) is 13.2. The number of carbonyl (C=O) groups is 1. The molecule has 0 bridgehead atoms. The van der Waals surface area contributed by atoms with Gasteiger partial charge in [0.25, 0.3) is 0 Å². The Labute approximate surface area is 98.4 Å². The van der Waals surface area contributed by atoms with Crippen LogP contribution < -0.4 is 4.90 Å². The highest BCUT2D eigenvalue weighted by Crippen LogP contribution is 2.30. The van der Waals surface area contributed by atoms with Gasteiger partial charge in [0.2, 0.25) is 0 Å². The molecule has 3 heteroatoms. The third-order valence-corrected chi connectivity index (χ3v) is 3.61. The summed E-state index contributed by atoms with van der Waals surface area (Å²) in [6, 6.07) is 6.48. The third-order valence-electron chi connectivity index (χ3n) is 3.12. The molecule has 1 aliphatic rings. The van der Waals surface area contributed by atoms with Crippen LogP contribution in [-0.4, -0.2) is 19.4 Å². The molecule has 1 saturated carbocycles. The highest BCUT2D eigenvalue weighted by atomic mass is 79.9. The van der Waals surface area contributed by atoms with Crippen LogP contribution in [0, 0.1) is 0 Å². The van der Waals surface area contributed by atoms with Gasteiger partial charge >= 0.3 is 0 Å². The van der Waals surface area contributed by atoms with E-state index in [0.717, 1.165) is 22.0 Å². The molecule has 0 N–H and O–H groups in total. The fourth-order valence-corrected chi connectivity index (χ4v) is 2.29. The molecule has 1 aliphatic carbocycles. The number of benzene rings is 1. The van der Waals surface area contributed by atoms with E-state index in [1.165, 1.54) is 19.3 Å². The Bertz CT molecular complexity index is 374. The number of halogens is 1. The molecular weight excluding hydrogens is 254 g/mol. The fourth-order valence-electron chi connectivity index (χ4n) is 1.91. The average Bonchev–Trinajstić information content (AvgIpc) is 2.14. The lowest BCUT2D eigenvalue weighted by Crippen LogP contribution is -2.37. The van der Waals surface area contributed by atoms with Crippen LogP contribution in [-0.2, 0) is 0 Å². The molecule has 0 unspecified atom stereocenters. The van der Waals surface area contributed by atoms with Crippen molar-refractivity contribution in [3.05, 3.63) is 28.2 Å². The highest BCUT2D eigenvalue weighted by molar-refractivity contribution is 9.10. The minimum atomic E-state index is 0.616. The second kappa shape index (κ2) is 4.35. The van der Waals surface area contributed by atoms with E-state index in [1.54, 1.807) is 0 Å². The summed E-state index contributed by atoms with van der Waals surface area (Å²) in [6.07, 6.45) is 4.72. The SMILES string of the molecule is CN(c1ccc(Br)cc1C=O)C1CCC1. The number of nitrogens with zero attached hydrogens (tertiary/aromatic N) is 1.